The Balaban J connectivity index is 1.74. The molecule has 0 fully saturated rings. The highest BCUT2D eigenvalue weighted by Crippen LogP contribution is 2.35. The van der Waals surface area contributed by atoms with Crippen molar-refractivity contribution in [1.29, 1.82) is 0 Å². The van der Waals surface area contributed by atoms with Gasteiger partial charge in [0.2, 0.25) is 0 Å². The van der Waals surface area contributed by atoms with Crippen molar-refractivity contribution in [3.8, 4) is 0 Å². The van der Waals surface area contributed by atoms with Crippen LogP contribution in [0, 0.1) is 5.92 Å². The fourth-order valence-corrected chi connectivity index (χ4v) is 6.15. The fraction of sp³-hybridized carbons (Fsp3) is 0.154. The number of nitrogens with zero attached hydrogens (tertiary/aromatic N) is 1. The van der Waals surface area contributed by atoms with Gasteiger partial charge in [-0.25, -0.2) is 0 Å². The van der Waals surface area contributed by atoms with E-state index in [9.17, 15) is 0 Å². The van der Waals surface area contributed by atoms with Gasteiger partial charge in [-0.15, -0.1) is 0 Å². The first kappa shape index (κ1) is 18.9. The molecule has 1 atom stereocenters. The molecule has 0 radical (unpaired) electrons. The molecule has 1 aliphatic rings. The van der Waals surface area contributed by atoms with E-state index in [-0.39, 0.29) is 0 Å². The maximum absolute atomic E-state index is 2.41. The van der Waals surface area contributed by atoms with Crippen molar-refractivity contribution in [1.82, 2.24) is 4.90 Å². The molecule has 3 aromatic rings. The summed E-state index contributed by atoms with van der Waals surface area (Å²) in [6.45, 7) is 1.04. The first-order valence-corrected chi connectivity index (χ1v) is 11.1. The van der Waals surface area contributed by atoms with Crippen LogP contribution in [-0.2, 0) is 0 Å². The SMILES string of the molecule is CN(C)CC1C=CC=C1c1cccc(P(c2ccccc2)c2ccccc2)c1. The zero-order valence-electron chi connectivity index (χ0n) is 16.5. The molecule has 0 bridgehead atoms. The zero-order chi connectivity index (χ0) is 19.3. The summed E-state index contributed by atoms with van der Waals surface area (Å²) >= 11 is 0. The van der Waals surface area contributed by atoms with Gasteiger partial charge < -0.3 is 4.90 Å². The minimum Gasteiger partial charge on any atom is -0.308 e. The van der Waals surface area contributed by atoms with Crippen molar-refractivity contribution in [2.75, 3.05) is 20.6 Å². The van der Waals surface area contributed by atoms with Crippen LogP contribution in [-0.4, -0.2) is 25.5 Å². The Labute approximate surface area is 169 Å². The van der Waals surface area contributed by atoms with Crippen molar-refractivity contribution < 1.29 is 0 Å². The molecule has 0 spiro atoms. The van der Waals surface area contributed by atoms with Crippen LogP contribution in [0.1, 0.15) is 5.56 Å². The molecule has 0 heterocycles. The third kappa shape index (κ3) is 4.17. The van der Waals surface area contributed by atoms with Crippen LogP contribution in [0.15, 0.2) is 103 Å². The molecule has 0 saturated heterocycles. The summed E-state index contributed by atoms with van der Waals surface area (Å²) < 4.78 is 0. The summed E-state index contributed by atoms with van der Waals surface area (Å²) in [5.41, 5.74) is 2.76. The van der Waals surface area contributed by atoms with E-state index in [1.54, 1.807) is 0 Å². The van der Waals surface area contributed by atoms with Gasteiger partial charge in [-0.2, -0.15) is 0 Å². The highest BCUT2D eigenvalue weighted by molar-refractivity contribution is 7.79. The lowest BCUT2D eigenvalue weighted by Gasteiger charge is -2.22. The summed E-state index contributed by atoms with van der Waals surface area (Å²) in [7, 11) is 3.72. The second kappa shape index (κ2) is 8.69. The lowest BCUT2D eigenvalue weighted by molar-refractivity contribution is 0.390. The van der Waals surface area contributed by atoms with Gasteiger partial charge >= 0.3 is 0 Å². The predicted octanol–water partition coefficient (Wildman–Crippen LogP) is 4.58. The molecule has 1 unspecified atom stereocenters. The lowest BCUT2D eigenvalue weighted by atomic mass is 9.95. The molecule has 0 N–H and O–H groups in total. The first-order chi connectivity index (χ1) is 13.7. The summed E-state index contributed by atoms with van der Waals surface area (Å²) in [6.07, 6.45) is 6.80. The Morgan fingerprint density at radius 2 is 1.36 bits per heavy atom. The third-order valence-electron chi connectivity index (χ3n) is 5.05. The molecular formula is C26H26NP. The highest BCUT2D eigenvalue weighted by Gasteiger charge is 2.20. The minimum atomic E-state index is -0.566. The summed E-state index contributed by atoms with van der Waals surface area (Å²) in [6, 6.07) is 31.0. The van der Waals surface area contributed by atoms with Crippen molar-refractivity contribution in [2.24, 2.45) is 5.92 Å². The van der Waals surface area contributed by atoms with Crippen molar-refractivity contribution in [2.45, 2.75) is 0 Å². The second-order valence-corrected chi connectivity index (χ2v) is 9.65. The number of rotatable bonds is 6. The monoisotopic (exact) mass is 383 g/mol. The molecule has 0 saturated carbocycles. The van der Waals surface area contributed by atoms with Gasteiger partial charge in [-0.3, -0.25) is 0 Å². The molecule has 1 aliphatic carbocycles. The van der Waals surface area contributed by atoms with Crippen LogP contribution in [0.4, 0.5) is 0 Å². The predicted molar refractivity (Wildman–Crippen MR) is 124 cm³/mol. The van der Waals surface area contributed by atoms with E-state index in [0.29, 0.717) is 5.92 Å². The quantitative estimate of drug-likeness (QED) is 0.564. The molecule has 0 aromatic heterocycles. The highest BCUT2D eigenvalue weighted by atomic mass is 31.1. The number of benzene rings is 3. The van der Waals surface area contributed by atoms with E-state index in [1.165, 1.54) is 27.1 Å². The van der Waals surface area contributed by atoms with Gasteiger partial charge in [0.1, 0.15) is 0 Å². The largest absolute Gasteiger partial charge is 0.308 e. The smallest absolute Gasteiger partial charge is 0.0154 e. The standard InChI is InChI=1S/C26H26NP/c1-27(2)20-22-12-10-18-26(22)21-11-9-17-25(19-21)28(23-13-5-3-6-14-23)24-15-7-4-8-16-24/h3-19,22H,20H2,1-2H3. The molecule has 28 heavy (non-hydrogen) atoms. The summed E-state index contributed by atoms with van der Waals surface area (Å²) in [4.78, 5) is 2.26. The number of hydrogen-bond donors (Lipinski definition) is 0. The van der Waals surface area contributed by atoms with Gasteiger partial charge in [0.25, 0.3) is 0 Å². The van der Waals surface area contributed by atoms with E-state index in [4.69, 9.17) is 0 Å². The normalized spacial score (nSPS) is 16.0. The summed E-state index contributed by atoms with van der Waals surface area (Å²) in [5.74, 6) is 0.463. The summed E-state index contributed by atoms with van der Waals surface area (Å²) in [5, 5.41) is 4.19. The van der Waals surface area contributed by atoms with Crippen LogP contribution >= 0.6 is 7.92 Å². The van der Waals surface area contributed by atoms with Crippen molar-refractivity contribution in [3.05, 3.63) is 109 Å². The molecule has 0 aliphatic heterocycles. The van der Waals surface area contributed by atoms with Crippen LogP contribution in [0.5, 0.6) is 0 Å². The van der Waals surface area contributed by atoms with Gasteiger partial charge in [-0.05, 0) is 55.1 Å². The molecule has 140 valence electrons. The fourth-order valence-electron chi connectivity index (χ4n) is 3.81. The average Bonchev–Trinajstić information content (AvgIpc) is 3.17. The molecule has 1 nitrogen and oxygen atoms in total. The van der Waals surface area contributed by atoms with Gasteiger partial charge in [0, 0.05) is 12.5 Å². The van der Waals surface area contributed by atoms with Crippen LogP contribution < -0.4 is 15.9 Å². The Bertz CT molecular complexity index is 934. The topological polar surface area (TPSA) is 3.24 Å². The van der Waals surface area contributed by atoms with Crippen LogP contribution in [0.2, 0.25) is 0 Å². The van der Waals surface area contributed by atoms with Crippen LogP contribution in [0.3, 0.4) is 0 Å². The second-order valence-electron chi connectivity index (χ2n) is 7.43. The van der Waals surface area contributed by atoms with Gasteiger partial charge in [-0.1, -0.05) is 97.1 Å². The van der Waals surface area contributed by atoms with E-state index in [0.717, 1.165) is 6.54 Å². The maximum atomic E-state index is 2.41. The lowest BCUT2D eigenvalue weighted by Crippen LogP contribution is -2.22. The van der Waals surface area contributed by atoms with Crippen molar-refractivity contribution in [3.63, 3.8) is 0 Å². The van der Waals surface area contributed by atoms with Crippen LogP contribution in [0.25, 0.3) is 5.57 Å². The van der Waals surface area contributed by atoms with E-state index in [2.05, 4.69) is 122 Å². The molecule has 3 aromatic carbocycles. The third-order valence-corrected chi connectivity index (χ3v) is 7.47. The van der Waals surface area contributed by atoms with Crippen molar-refractivity contribution >= 4 is 29.4 Å². The molecule has 4 rings (SSSR count). The number of hydrogen-bond acceptors (Lipinski definition) is 1. The van der Waals surface area contributed by atoms with E-state index < -0.39 is 7.92 Å². The Kier molecular flexibility index (Phi) is 5.86. The average molecular weight is 383 g/mol. The Morgan fingerprint density at radius 1 is 0.750 bits per heavy atom. The zero-order valence-corrected chi connectivity index (χ0v) is 17.4. The van der Waals surface area contributed by atoms with Gasteiger partial charge in [0.05, 0.1) is 0 Å². The minimum absolute atomic E-state index is 0.463. The van der Waals surface area contributed by atoms with E-state index >= 15 is 0 Å². The molecule has 0 amide bonds. The number of allylic oxidation sites excluding steroid dienone is 2. The molecular weight excluding hydrogens is 357 g/mol. The Morgan fingerprint density at radius 3 is 1.96 bits per heavy atom. The molecule has 2 heteroatoms. The first-order valence-electron chi connectivity index (χ1n) is 9.76. The maximum Gasteiger partial charge on any atom is 0.0154 e. The van der Waals surface area contributed by atoms with E-state index in [1.807, 2.05) is 0 Å². The van der Waals surface area contributed by atoms with Gasteiger partial charge in [0.15, 0.2) is 0 Å². The Hall–Kier alpha value is -2.47.